The number of unbranched alkanes of at least 4 members (excludes halogenated alkanes) is 26. The molecule has 0 aromatic rings. The molecule has 0 rings (SSSR count). The Bertz CT molecular complexity index is 585. The second kappa shape index (κ2) is 29.1. The highest BCUT2D eigenvalue weighted by atomic mass is 32.2. The maximum atomic E-state index is 12.3. The Morgan fingerprint density at radius 2 is 0.641 bits per heavy atom. The lowest BCUT2D eigenvalue weighted by Gasteiger charge is -2.14. The number of hydrogen-bond acceptors (Lipinski definition) is 3. The summed E-state index contributed by atoms with van der Waals surface area (Å²) in [6, 6.07) is 0. The van der Waals surface area contributed by atoms with Gasteiger partial charge in [0, 0.05) is 5.92 Å². The summed E-state index contributed by atoms with van der Waals surface area (Å²) in [5.41, 5.74) is 0. The van der Waals surface area contributed by atoms with Crippen LogP contribution in [0.3, 0.4) is 0 Å². The van der Waals surface area contributed by atoms with Crippen LogP contribution < -0.4 is 0 Å². The summed E-state index contributed by atoms with van der Waals surface area (Å²) in [5.74, 6) is -0.533. The first-order valence-electron chi connectivity index (χ1n) is 17.4. The molecule has 0 aliphatic heterocycles. The molecule has 0 saturated heterocycles. The standard InChI is InChI=1S/C34H68O4S/c1-3-5-7-9-11-13-15-17-19-21-23-25-27-29-31-33(34(35)39(36,37)38)32-30-28-26-24-22-20-18-16-14-12-10-8-6-4-2/h33H,3-32H2,1-2H3,(H,36,37,38). The molecule has 4 nitrogen and oxygen atoms in total. The van der Waals surface area contributed by atoms with Crippen LogP contribution in [0.1, 0.15) is 206 Å². The molecule has 5 heteroatoms. The van der Waals surface area contributed by atoms with Gasteiger partial charge < -0.3 is 0 Å². The van der Waals surface area contributed by atoms with E-state index in [1.54, 1.807) is 0 Å². The molecule has 0 aromatic heterocycles. The Kier molecular flexibility index (Phi) is 28.8. The van der Waals surface area contributed by atoms with Crippen molar-refractivity contribution in [1.29, 1.82) is 0 Å². The smallest absolute Gasteiger partial charge is 0.280 e. The van der Waals surface area contributed by atoms with Crippen molar-refractivity contribution >= 4 is 15.2 Å². The van der Waals surface area contributed by atoms with Crippen molar-refractivity contribution in [2.75, 3.05) is 0 Å². The molecule has 0 atom stereocenters. The van der Waals surface area contributed by atoms with E-state index in [0.717, 1.165) is 38.5 Å². The maximum Gasteiger partial charge on any atom is 0.329 e. The third-order valence-corrected chi connectivity index (χ3v) is 9.24. The molecule has 0 aliphatic carbocycles. The van der Waals surface area contributed by atoms with E-state index in [-0.39, 0.29) is 0 Å². The highest BCUT2D eigenvalue weighted by molar-refractivity contribution is 8.01. The van der Waals surface area contributed by atoms with Gasteiger partial charge in [0.2, 0.25) is 0 Å². The Morgan fingerprint density at radius 1 is 0.436 bits per heavy atom. The lowest BCUT2D eigenvalue weighted by atomic mass is 9.95. The van der Waals surface area contributed by atoms with Crippen LogP contribution >= 0.6 is 0 Å². The van der Waals surface area contributed by atoms with Crippen molar-refractivity contribution in [1.82, 2.24) is 0 Å². The molecule has 0 bridgehead atoms. The molecule has 1 N–H and O–H groups in total. The van der Waals surface area contributed by atoms with E-state index in [9.17, 15) is 17.8 Å². The van der Waals surface area contributed by atoms with Crippen molar-refractivity contribution in [3.63, 3.8) is 0 Å². The van der Waals surface area contributed by atoms with Crippen LogP contribution in [-0.4, -0.2) is 18.1 Å². The second-order valence-corrected chi connectivity index (χ2v) is 13.6. The summed E-state index contributed by atoms with van der Waals surface area (Å²) >= 11 is 0. The van der Waals surface area contributed by atoms with E-state index < -0.39 is 21.2 Å². The van der Waals surface area contributed by atoms with E-state index in [0.29, 0.717) is 12.8 Å². The minimum atomic E-state index is -4.58. The van der Waals surface area contributed by atoms with Crippen molar-refractivity contribution < 1.29 is 17.8 Å². The number of carbonyl (C=O) groups excluding carboxylic acids is 1. The zero-order valence-corrected chi connectivity index (χ0v) is 27.2. The fraction of sp³-hybridized carbons (Fsp3) is 0.971. The predicted octanol–water partition coefficient (Wildman–Crippen LogP) is 11.8. The van der Waals surface area contributed by atoms with E-state index in [1.807, 2.05) is 0 Å². The molecule has 0 spiro atoms. The molecule has 0 radical (unpaired) electrons. The van der Waals surface area contributed by atoms with Crippen LogP contribution in [0, 0.1) is 5.92 Å². The first kappa shape index (κ1) is 38.6. The van der Waals surface area contributed by atoms with Gasteiger partial charge in [-0.15, -0.1) is 0 Å². The minimum absolute atomic E-state index is 0.533. The van der Waals surface area contributed by atoms with Crippen LogP contribution in [0.15, 0.2) is 0 Å². The third-order valence-electron chi connectivity index (χ3n) is 8.40. The number of rotatable bonds is 31. The highest BCUT2D eigenvalue weighted by Gasteiger charge is 2.28. The zero-order chi connectivity index (χ0) is 28.9. The molecule has 0 amide bonds. The molecule has 39 heavy (non-hydrogen) atoms. The zero-order valence-electron chi connectivity index (χ0n) is 26.4. The molecular formula is C34H68O4S. The SMILES string of the molecule is CCCCCCCCCCCCCCCCC(CCCCCCCCCCCCCCCC)C(=O)S(=O)(=O)O. The van der Waals surface area contributed by atoms with E-state index >= 15 is 0 Å². The topological polar surface area (TPSA) is 71.4 Å². The third kappa shape index (κ3) is 27.5. The van der Waals surface area contributed by atoms with E-state index in [2.05, 4.69) is 13.8 Å². The summed E-state index contributed by atoms with van der Waals surface area (Å²) in [7, 11) is -4.58. The maximum absolute atomic E-state index is 12.3. The first-order valence-corrected chi connectivity index (χ1v) is 18.9. The van der Waals surface area contributed by atoms with Gasteiger partial charge >= 0.3 is 10.1 Å². The van der Waals surface area contributed by atoms with Crippen molar-refractivity contribution in [3.8, 4) is 0 Å². The second-order valence-electron chi connectivity index (χ2n) is 12.3. The normalized spacial score (nSPS) is 12.0. The Balaban J connectivity index is 3.77. The van der Waals surface area contributed by atoms with Gasteiger partial charge in [0.1, 0.15) is 0 Å². The summed E-state index contributed by atoms with van der Waals surface area (Å²) in [4.78, 5) is 12.3. The Hall–Kier alpha value is -0.420. The van der Waals surface area contributed by atoms with Crippen LogP contribution in [-0.2, 0) is 14.9 Å². The van der Waals surface area contributed by atoms with Gasteiger partial charge in [-0.05, 0) is 12.8 Å². The van der Waals surface area contributed by atoms with Crippen LogP contribution in [0.5, 0.6) is 0 Å². The van der Waals surface area contributed by atoms with Gasteiger partial charge in [-0.2, -0.15) is 8.42 Å². The van der Waals surface area contributed by atoms with Gasteiger partial charge in [-0.1, -0.05) is 194 Å². The van der Waals surface area contributed by atoms with Crippen molar-refractivity contribution in [3.05, 3.63) is 0 Å². The van der Waals surface area contributed by atoms with E-state index in [1.165, 1.54) is 141 Å². The summed E-state index contributed by atoms with van der Waals surface area (Å²) in [6.07, 6.45) is 36.9. The van der Waals surface area contributed by atoms with Crippen LogP contribution in [0.4, 0.5) is 0 Å². The molecule has 0 fully saturated rings. The van der Waals surface area contributed by atoms with Gasteiger partial charge in [-0.3, -0.25) is 9.35 Å². The monoisotopic (exact) mass is 572 g/mol. The predicted molar refractivity (Wildman–Crippen MR) is 170 cm³/mol. The summed E-state index contributed by atoms with van der Waals surface area (Å²) in [5, 5.41) is -0.952. The first-order chi connectivity index (χ1) is 18.9. The van der Waals surface area contributed by atoms with Crippen molar-refractivity contribution in [2.24, 2.45) is 5.92 Å². The quantitative estimate of drug-likeness (QED) is 0.0662. The largest absolute Gasteiger partial charge is 0.329 e. The Labute approximate surface area is 245 Å². The van der Waals surface area contributed by atoms with Gasteiger partial charge in [-0.25, -0.2) is 0 Å². The Morgan fingerprint density at radius 3 is 0.846 bits per heavy atom. The minimum Gasteiger partial charge on any atom is -0.280 e. The van der Waals surface area contributed by atoms with Crippen molar-refractivity contribution in [2.45, 2.75) is 206 Å². The fourth-order valence-electron chi connectivity index (χ4n) is 5.76. The summed E-state index contributed by atoms with van der Waals surface area (Å²) < 4.78 is 32.3. The molecule has 0 aliphatic rings. The van der Waals surface area contributed by atoms with Crippen LogP contribution in [0.2, 0.25) is 0 Å². The van der Waals surface area contributed by atoms with Gasteiger partial charge in [0.05, 0.1) is 0 Å². The average molecular weight is 573 g/mol. The molecular weight excluding hydrogens is 504 g/mol. The van der Waals surface area contributed by atoms with Crippen LogP contribution in [0.25, 0.3) is 0 Å². The fourth-order valence-corrected chi connectivity index (χ4v) is 6.42. The number of hydrogen-bond donors (Lipinski definition) is 1. The highest BCUT2D eigenvalue weighted by Crippen LogP contribution is 2.22. The number of carbonyl (C=O) groups is 1. The average Bonchev–Trinajstić information content (AvgIpc) is 2.91. The molecule has 0 heterocycles. The summed E-state index contributed by atoms with van der Waals surface area (Å²) in [6.45, 7) is 4.53. The lowest BCUT2D eigenvalue weighted by molar-refractivity contribution is -0.116. The molecule has 0 saturated carbocycles. The lowest BCUT2D eigenvalue weighted by Crippen LogP contribution is -2.23. The van der Waals surface area contributed by atoms with Gasteiger partial charge in [0.25, 0.3) is 5.12 Å². The van der Waals surface area contributed by atoms with E-state index in [4.69, 9.17) is 0 Å². The molecule has 0 unspecified atom stereocenters. The molecule has 234 valence electrons. The molecule has 0 aromatic carbocycles. The van der Waals surface area contributed by atoms with Gasteiger partial charge in [0.15, 0.2) is 0 Å².